The van der Waals surface area contributed by atoms with E-state index < -0.39 is 4.92 Å². The number of non-ortho nitro benzene ring substituents is 1. The van der Waals surface area contributed by atoms with Crippen molar-refractivity contribution in [3.8, 4) is 0 Å². The number of nitrogens with zero attached hydrogens (tertiary/aromatic N) is 2. The van der Waals surface area contributed by atoms with Crippen molar-refractivity contribution < 1.29 is 4.92 Å². The third kappa shape index (κ3) is 5.45. The van der Waals surface area contributed by atoms with Gasteiger partial charge in [-0.2, -0.15) is 0 Å². The molecule has 0 saturated carbocycles. The zero-order valence-electron chi connectivity index (χ0n) is 12.4. The minimum absolute atomic E-state index is 0.0683. The monoisotopic (exact) mass is 299 g/mol. The molecule has 6 heteroatoms. The summed E-state index contributed by atoms with van der Waals surface area (Å²) in [4.78, 5) is 12.5. The fraction of sp³-hybridized carbons (Fsp3) is 0.571. The summed E-state index contributed by atoms with van der Waals surface area (Å²) < 4.78 is 0. The third-order valence-electron chi connectivity index (χ3n) is 2.90. The summed E-state index contributed by atoms with van der Waals surface area (Å²) in [5.41, 5.74) is 0.941. The van der Waals surface area contributed by atoms with Crippen molar-refractivity contribution in [3.63, 3.8) is 0 Å². The predicted octanol–water partition coefficient (Wildman–Crippen LogP) is 2.93. The minimum atomic E-state index is -0.407. The van der Waals surface area contributed by atoms with Crippen molar-refractivity contribution in [1.82, 2.24) is 10.2 Å². The summed E-state index contributed by atoms with van der Waals surface area (Å²) >= 11 is 6.06. The molecule has 0 amide bonds. The number of nitrogens with one attached hydrogen (secondary N) is 1. The van der Waals surface area contributed by atoms with Crippen LogP contribution in [0.2, 0.25) is 5.02 Å². The SMILES string of the molecule is CN(C)CC(C)(C)CNCc1cc([N+](=O)[O-])ccc1Cl. The molecule has 0 bridgehead atoms. The van der Waals surface area contributed by atoms with Crippen LogP contribution in [0.25, 0.3) is 0 Å². The Morgan fingerprint density at radius 3 is 2.60 bits per heavy atom. The lowest BCUT2D eigenvalue weighted by atomic mass is 9.93. The maximum absolute atomic E-state index is 10.8. The molecule has 0 atom stereocenters. The largest absolute Gasteiger partial charge is 0.312 e. The first-order valence-electron chi connectivity index (χ1n) is 6.49. The summed E-state index contributed by atoms with van der Waals surface area (Å²) in [6.45, 7) is 6.65. The Labute approximate surface area is 125 Å². The topological polar surface area (TPSA) is 58.4 Å². The van der Waals surface area contributed by atoms with E-state index in [1.54, 1.807) is 6.07 Å². The second-order valence-electron chi connectivity index (χ2n) is 6.04. The molecule has 5 nitrogen and oxygen atoms in total. The number of nitro groups is 1. The Bertz CT molecular complexity index is 475. The van der Waals surface area contributed by atoms with Gasteiger partial charge in [-0.3, -0.25) is 10.1 Å². The van der Waals surface area contributed by atoms with Crippen molar-refractivity contribution in [2.24, 2.45) is 5.41 Å². The zero-order chi connectivity index (χ0) is 15.3. The van der Waals surface area contributed by atoms with Crippen molar-refractivity contribution in [1.29, 1.82) is 0 Å². The van der Waals surface area contributed by atoms with Gasteiger partial charge in [0.1, 0.15) is 0 Å². The Kier molecular flexibility index (Phi) is 5.92. The Hall–Kier alpha value is -1.17. The van der Waals surface area contributed by atoms with E-state index in [-0.39, 0.29) is 11.1 Å². The van der Waals surface area contributed by atoms with Gasteiger partial charge in [-0.1, -0.05) is 25.4 Å². The van der Waals surface area contributed by atoms with Gasteiger partial charge < -0.3 is 10.2 Å². The van der Waals surface area contributed by atoms with Gasteiger partial charge >= 0.3 is 0 Å². The van der Waals surface area contributed by atoms with Gasteiger partial charge in [0.25, 0.3) is 5.69 Å². The molecule has 0 heterocycles. The number of benzene rings is 1. The lowest BCUT2D eigenvalue weighted by Gasteiger charge is -2.28. The molecule has 1 aromatic rings. The van der Waals surface area contributed by atoms with E-state index >= 15 is 0 Å². The lowest BCUT2D eigenvalue weighted by molar-refractivity contribution is -0.384. The number of rotatable bonds is 7. The van der Waals surface area contributed by atoms with Crippen LogP contribution in [0.5, 0.6) is 0 Å². The molecule has 1 rings (SSSR count). The summed E-state index contributed by atoms with van der Waals surface area (Å²) in [7, 11) is 4.08. The van der Waals surface area contributed by atoms with Crippen LogP contribution in [0.3, 0.4) is 0 Å². The molecule has 0 aliphatic heterocycles. The molecule has 1 aromatic carbocycles. The van der Waals surface area contributed by atoms with Crippen LogP contribution in [0, 0.1) is 15.5 Å². The molecular weight excluding hydrogens is 278 g/mol. The zero-order valence-corrected chi connectivity index (χ0v) is 13.2. The molecule has 112 valence electrons. The third-order valence-corrected chi connectivity index (χ3v) is 3.27. The van der Waals surface area contributed by atoms with E-state index in [1.165, 1.54) is 12.1 Å². The molecule has 0 aliphatic rings. The van der Waals surface area contributed by atoms with E-state index in [2.05, 4.69) is 24.1 Å². The molecule has 0 spiro atoms. The maximum atomic E-state index is 10.8. The maximum Gasteiger partial charge on any atom is 0.269 e. The van der Waals surface area contributed by atoms with Crippen LogP contribution in [-0.4, -0.2) is 37.0 Å². The van der Waals surface area contributed by atoms with Crippen molar-refractivity contribution in [3.05, 3.63) is 38.9 Å². The Morgan fingerprint density at radius 2 is 2.05 bits per heavy atom. The molecule has 0 aromatic heterocycles. The molecule has 0 fully saturated rings. The highest BCUT2D eigenvalue weighted by molar-refractivity contribution is 6.31. The van der Waals surface area contributed by atoms with Crippen molar-refractivity contribution >= 4 is 17.3 Å². The van der Waals surface area contributed by atoms with Gasteiger partial charge in [0.05, 0.1) is 4.92 Å². The number of hydrogen-bond acceptors (Lipinski definition) is 4. The van der Waals surface area contributed by atoms with E-state index in [0.717, 1.165) is 18.7 Å². The van der Waals surface area contributed by atoms with Crippen molar-refractivity contribution in [2.45, 2.75) is 20.4 Å². The molecule has 0 radical (unpaired) electrons. The number of hydrogen-bond donors (Lipinski definition) is 1. The fourth-order valence-electron chi connectivity index (χ4n) is 2.26. The van der Waals surface area contributed by atoms with E-state index in [1.807, 2.05) is 14.1 Å². The van der Waals surface area contributed by atoms with Crippen LogP contribution >= 0.6 is 11.6 Å². The first kappa shape index (κ1) is 16.9. The van der Waals surface area contributed by atoms with Gasteiger partial charge in [-0.25, -0.2) is 0 Å². The van der Waals surface area contributed by atoms with E-state index in [9.17, 15) is 10.1 Å². The van der Waals surface area contributed by atoms with Gasteiger partial charge in [0, 0.05) is 36.8 Å². The van der Waals surface area contributed by atoms with E-state index in [0.29, 0.717) is 11.6 Å². The number of halogens is 1. The minimum Gasteiger partial charge on any atom is -0.312 e. The first-order valence-corrected chi connectivity index (χ1v) is 6.87. The average molecular weight is 300 g/mol. The van der Waals surface area contributed by atoms with Crippen LogP contribution in [-0.2, 0) is 6.54 Å². The molecule has 20 heavy (non-hydrogen) atoms. The Balaban J connectivity index is 2.62. The highest BCUT2D eigenvalue weighted by atomic mass is 35.5. The normalized spacial score (nSPS) is 11.9. The predicted molar refractivity (Wildman–Crippen MR) is 82.1 cm³/mol. The quantitative estimate of drug-likeness (QED) is 0.621. The highest BCUT2D eigenvalue weighted by Crippen LogP contribution is 2.22. The van der Waals surface area contributed by atoms with Crippen molar-refractivity contribution in [2.75, 3.05) is 27.2 Å². The molecular formula is C14H22ClN3O2. The number of nitro benzene ring substituents is 1. The molecule has 0 aliphatic carbocycles. The lowest BCUT2D eigenvalue weighted by Crippen LogP contribution is -2.37. The Morgan fingerprint density at radius 1 is 1.40 bits per heavy atom. The molecule has 0 unspecified atom stereocenters. The summed E-state index contributed by atoms with van der Waals surface area (Å²) in [6, 6.07) is 4.51. The smallest absolute Gasteiger partial charge is 0.269 e. The van der Waals surface area contributed by atoms with Gasteiger partial charge in [0.15, 0.2) is 0 Å². The molecule has 1 N–H and O–H groups in total. The molecule has 0 saturated heterocycles. The van der Waals surface area contributed by atoms with Crippen LogP contribution in [0.1, 0.15) is 19.4 Å². The summed E-state index contributed by atoms with van der Waals surface area (Å²) in [6.07, 6.45) is 0. The highest BCUT2D eigenvalue weighted by Gasteiger charge is 2.18. The second kappa shape index (κ2) is 7.02. The van der Waals surface area contributed by atoms with Gasteiger partial charge in [-0.15, -0.1) is 0 Å². The average Bonchev–Trinajstić information content (AvgIpc) is 2.29. The fourth-order valence-corrected chi connectivity index (χ4v) is 2.44. The van der Waals surface area contributed by atoms with Crippen LogP contribution in [0.15, 0.2) is 18.2 Å². The van der Waals surface area contributed by atoms with Gasteiger partial charge in [0.2, 0.25) is 0 Å². The summed E-state index contributed by atoms with van der Waals surface area (Å²) in [5, 5.41) is 14.6. The second-order valence-corrected chi connectivity index (χ2v) is 6.45. The van der Waals surface area contributed by atoms with E-state index in [4.69, 9.17) is 11.6 Å². The van der Waals surface area contributed by atoms with Crippen LogP contribution in [0.4, 0.5) is 5.69 Å². The van der Waals surface area contributed by atoms with Crippen LogP contribution < -0.4 is 5.32 Å². The first-order chi connectivity index (χ1) is 9.21. The standard InChI is InChI=1S/C14H22ClN3O2/c1-14(2,10-17(3)4)9-16-8-11-7-12(18(19)20)5-6-13(11)15/h5-7,16H,8-10H2,1-4H3. The summed E-state index contributed by atoms with van der Waals surface area (Å²) in [5.74, 6) is 0. The van der Waals surface area contributed by atoms with Gasteiger partial charge in [-0.05, 0) is 31.1 Å².